The molecule has 1 aromatic carbocycles. The molecule has 0 saturated heterocycles. The summed E-state index contributed by atoms with van der Waals surface area (Å²) in [5, 5.41) is 0. The number of benzene rings is 1. The van der Waals surface area contributed by atoms with E-state index in [9.17, 15) is 12.8 Å². The number of nitrogens with two attached hydrogens (primary N) is 1. The van der Waals surface area contributed by atoms with Crippen molar-refractivity contribution >= 4 is 10.0 Å². The van der Waals surface area contributed by atoms with E-state index >= 15 is 0 Å². The molecule has 1 rings (SSSR count). The Bertz CT molecular complexity index is 550. The summed E-state index contributed by atoms with van der Waals surface area (Å²) in [7, 11) is -3.70. The van der Waals surface area contributed by atoms with Crippen LogP contribution in [0, 0.1) is 18.2 Å². The molecule has 0 saturated carbocycles. The minimum Gasteiger partial charge on any atom is -0.329 e. The van der Waals surface area contributed by atoms with E-state index in [0.29, 0.717) is 5.56 Å². The van der Waals surface area contributed by atoms with Crippen LogP contribution >= 0.6 is 0 Å². The lowest BCUT2D eigenvalue weighted by Gasteiger charge is -2.30. The molecule has 0 bridgehead atoms. The normalized spacial score (nSPS) is 14.4. The molecule has 0 aliphatic carbocycles. The lowest BCUT2D eigenvalue weighted by atomic mass is 9.88. The molecular formula is C13H21FN2O2S. The Balaban J connectivity index is 3.11. The number of aryl methyl sites for hydroxylation is 1. The first kappa shape index (κ1) is 16.1. The Kier molecular flexibility index (Phi) is 4.71. The van der Waals surface area contributed by atoms with E-state index in [-0.39, 0.29) is 22.9 Å². The molecule has 0 fully saturated rings. The second-order valence-corrected chi connectivity index (χ2v) is 7.37. The number of hydrogen-bond acceptors (Lipinski definition) is 3. The summed E-state index contributed by atoms with van der Waals surface area (Å²) in [4.78, 5) is 0.0802. The van der Waals surface area contributed by atoms with Gasteiger partial charge in [-0.15, -0.1) is 0 Å². The predicted molar refractivity (Wildman–Crippen MR) is 73.8 cm³/mol. The molecule has 0 aromatic heterocycles. The van der Waals surface area contributed by atoms with Crippen molar-refractivity contribution in [3.05, 3.63) is 29.6 Å². The smallest absolute Gasteiger partial charge is 0.241 e. The van der Waals surface area contributed by atoms with Crippen molar-refractivity contribution in [1.82, 2.24) is 4.72 Å². The first-order valence-electron chi connectivity index (χ1n) is 6.06. The maximum Gasteiger partial charge on any atom is 0.241 e. The van der Waals surface area contributed by atoms with Gasteiger partial charge in [-0.1, -0.05) is 20.8 Å². The first-order chi connectivity index (χ1) is 8.58. The lowest BCUT2D eigenvalue weighted by molar-refractivity contribution is 0.304. The monoisotopic (exact) mass is 288 g/mol. The van der Waals surface area contributed by atoms with E-state index < -0.39 is 15.8 Å². The molecule has 4 nitrogen and oxygen atoms in total. The summed E-state index contributed by atoms with van der Waals surface area (Å²) in [6.07, 6.45) is 0. The maximum absolute atomic E-state index is 13.0. The molecule has 0 aliphatic heterocycles. The number of sulfonamides is 1. The molecule has 19 heavy (non-hydrogen) atoms. The fraction of sp³-hybridized carbons (Fsp3) is 0.538. The Hall–Kier alpha value is -0.980. The second kappa shape index (κ2) is 5.56. The van der Waals surface area contributed by atoms with E-state index in [1.54, 1.807) is 6.92 Å². The molecule has 0 radical (unpaired) electrons. The lowest BCUT2D eigenvalue weighted by Crippen LogP contribution is -2.48. The molecule has 0 spiro atoms. The Morgan fingerprint density at radius 3 is 2.37 bits per heavy atom. The zero-order valence-electron chi connectivity index (χ0n) is 11.7. The van der Waals surface area contributed by atoms with E-state index in [1.165, 1.54) is 12.1 Å². The average Bonchev–Trinajstić information content (AvgIpc) is 2.23. The van der Waals surface area contributed by atoms with Crippen LogP contribution in [0.2, 0.25) is 0 Å². The summed E-state index contributed by atoms with van der Waals surface area (Å²) in [6.45, 7) is 7.48. The van der Waals surface area contributed by atoms with Gasteiger partial charge < -0.3 is 5.73 Å². The van der Waals surface area contributed by atoms with Crippen LogP contribution in [-0.2, 0) is 10.0 Å². The van der Waals surface area contributed by atoms with Gasteiger partial charge in [0.05, 0.1) is 4.90 Å². The summed E-state index contributed by atoms with van der Waals surface area (Å²) in [6, 6.07) is 3.21. The van der Waals surface area contributed by atoms with Gasteiger partial charge in [-0.25, -0.2) is 17.5 Å². The van der Waals surface area contributed by atoms with E-state index in [2.05, 4.69) is 4.72 Å². The summed E-state index contributed by atoms with van der Waals surface area (Å²) in [5.74, 6) is -0.456. The van der Waals surface area contributed by atoms with E-state index in [4.69, 9.17) is 5.73 Å². The van der Waals surface area contributed by atoms with Gasteiger partial charge in [-0.05, 0) is 36.1 Å². The third-order valence-corrected chi connectivity index (χ3v) is 4.64. The third-order valence-electron chi connectivity index (χ3n) is 3.00. The van der Waals surface area contributed by atoms with Gasteiger partial charge in [0, 0.05) is 12.6 Å². The molecule has 3 N–H and O–H groups in total. The van der Waals surface area contributed by atoms with Gasteiger partial charge in [0.2, 0.25) is 10.0 Å². The van der Waals surface area contributed by atoms with Crippen molar-refractivity contribution in [2.45, 2.75) is 38.6 Å². The highest BCUT2D eigenvalue weighted by Crippen LogP contribution is 2.22. The Morgan fingerprint density at radius 1 is 1.37 bits per heavy atom. The van der Waals surface area contributed by atoms with Crippen LogP contribution in [0.4, 0.5) is 4.39 Å². The highest BCUT2D eigenvalue weighted by atomic mass is 32.2. The minimum absolute atomic E-state index is 0.0802. The van der Waals surface area contributed by atoms with E-state index in [0.717, 1.165) is 6.07 Å². The second-order valence-electron chi connectivity index (χ2n) is 5.69. The Morgan fingerprint density at radius 2 is 1.95 bits per heavy atom. The summed E-state index contributed by atoms with van der Waals surface area (Å²) >= 11 is 0. The largest absolute Gasteiger partial charge is 0.329 e. The summed E-state index contributed by atoms with van der Waals surface area (Å²) in [5.41, 5.74) is 5.70. The average molecular weight is 288 g/mol. The molecule has 1 unspecified atom stereocenters. The van der Waals surface area contributed by atoms with Crippen molar-refractivity contribution in [1.29, 1.82) is 0 Å². The van der Waals surface area contributed by atoms with Crippen molar-refractivity contribution in [2.24, 2.45) is 11.1 Å². The fourth-order valence-corrected chi connectivity index (χ4v) is 3.42. The predicted octanol–water partition coefficient (Wildman–Crippen LogP) is 1.79. The molecule has 6 heteroatoms. The van der Waals surface area contributed by atoms with Crippen LogP contribution in [0.3, 0.4) is 0 Å². The number of halogens is 1. The standard InChI is InChI=1S/C13H21FN2O2S/c1-9-7-10(14)5-6-11(9)19(17,18)16-12(8-15)13(2,3)4/h5-7,12,16H,8,15H2,1-4H3. The van der Waals surface area contributed by atoms with Gasteiger partial charge in [-0.3, -0.25) is 0 Å². The quantitative estimate of drug-likeness (QED) is 0.887. The number of rotatable bonds is 4. The van der Waals surface area contributed by atoms with Crippen LogP contribution in [0.25, 0.3) is 0 Å². The third kappa shape index (κ3) is 3.99. The van der Waals surface area contributed by atoms with E-state index in [1.807, 2.05) is 20.8 Å². The molecule has 0 aliphatic rings. The highest BCUT2D eigenvalue weighted by Gasteiger charge is 2.29. The molecular weight excluding hydrogens is 267 g/mol. The van der Waals surface area contributed by atoms with Crippen molar-refractivity contribution < 1.29 is 12.8 Å². The van der Waals surface area contributed by atoms with Crippen molar-refractivity contribution in [3.8, 4) is 0 Å². The number of nitrogens with one attached hydrogen (secondary N) is 1. The summed E-state index contributed by atoms with van der Waals surface area (Å²) < 4.78 is 40.2. The highest BCUT2D eigenvalue weighted by molar-refractivity contribution is 7.89. The van der Waals surface area contributed by atoms with Crippen LogP contribution in [0.5, 0.6) is 0 Å². The van der Waals surface area contributed by atoms with Gasteiger partial charge in [0.25, 0.3) is 0 Å². The zero-order chi connectivity index (χ0) is 14.8. The zero-order valence-corrected chi connectivity index (χ0v) is 12.5. The van der Waals surface area contributed by atoms with Crippen LogP contribution in [0.1, 0.15) is 26.3 Å². The van der Waals surface area contributed by atoms with Crippen LogP contribution in [-0.4, -0.2) is 21.0 Å². The SMILES string of the molecule is Cc1cc(F)ccc1S(=O)(=O)NC(CN)C(C)(C)C. The van der Waals surface area contributed by atoms with Crippen molar-refractivity contribution in [2.75, 3.05) is 6.54 Å². The fourth-order valence-electron chi connectivity index (χ4n) is 1.74. The van der Waals surface area contributed by atoms with Gasteiger partial charge >= 0.3 is 0 Å². The molecule has 0 heterocycles. The minimum atomic E-state index is -3.70. The maximum atomic E-state index is 13.0. The van der Waals surface area contributed by atoms with Crippen LogP contribution < -0.4 is 10.5 Å². The first-order valence-corrected chi connectivity index (χ1v) is 7.55. The molecule has 0 amide bonds. The molecule has 1 aromatic rings. The molecule has 1 atom stereocenters. The molecule has 108 valence electrons. The Labute approximate surface area is 114 Å². The topological polar surface area (TPSA) is 72.2 Å². The van der Waals surface area contributed by atoms with Gasteiger partial charge in [0.1, 0.15) is 5.82 Å². The van der Waals surface area contributed by atoms with Gasteiger partial charge in [-0.2, -0.15) is 0 Å². The number of hydrogen-bond donors (Lipinski definition) is 2. The van der Waals surface area contributed by atoms with Crippen molar-refractivity contribution in [3.63, 3.8) is 0 Å². The van der Waals surface area contributed by atoms with Gasteiger partial charge in [0.15, 0.2) is 0 Å². The van der Waals surface area contributed by atoms with Crippen LogP contribution in [0.15, 0.2) is 23.1 Å².